The molecule has 1 aliphatic carbocycles. The summed E-state index contributed by atoms with van der Waals surface area (Å²) >= 11 is 0. The molecule has 2 nitrogen and oxygen atoms in total. The number of hydrogen-bond donors (Lipinski definition) is 1. The van der Waals surface area contributed by atoms with Gasteiger partial charge in [0.1, 0.15) is 0 Å². The number of hydrogen-bond acceptors (Lipinski definition) is 2. The van der Waals surface area contributed by atoms with Crippen LogP contribution in [0.5, 0.6) is 0 Å². The maximum absolute atomic E-state index is 10.5. The summed E-state index contributed by atoms with van der Waals surface area (Å²) < 4.78 is 6.25. The minimum absolute atomic E-state index is 0.448. The van der Waals surface area contributed by atoms with Gasteiger partial charge in [-0.15, -0.1) is 0 Å². The van der Waals surface area contributed by atoms with Gasteiger partial charge in [-0.05, 0) is 94.5 Å². The quantitative estimate of drug-likeness (QED) is 0.251. The molecule has 6 rings (SSSR count). The molecule has 0 unspecified atom stereocenters. The highest BCUT2D eigenvalue weighted by Gasteiger charge is 2.36. The van der Waals surface area contributed by atoms with Gasteiger partial charge in [0.15, 0.2) is 0 Å². The van der Waals surface area contributed by atoms with Crippen LogP contribution in [0.25, 0.3) is 55.3 Å². The van der Waals surface area contributed by atoms with Crippen LogP contribution in [-0.4, -0.2) is 23.8 Å². The van der Waals surface area contributed by atoms with Gasteiger partial charge in [-0.2, -0.15) is 0 Å². The largest absolute Gasteiger partial charge is 0.427 e. The first-order valence-corrected chi connectivity index (χ1v) is 13.0. The van der Waals surface area contributed by atoms with Crippen LogP contribution in [0.15, 0.2) is 103 Å². The van der Waals surface area contributed by atoms with Crippen LogP contribution < -0.4 is 5.46 Å². The smallest absolute Gasteiger partial charge is 0.310 e. The molecular formula is C34H31BO2. The lowest BCUT2D eigenvalue weighted by molar-refractivity contribution is -0.0893. The van der Waals surface area contributed by atoms with E-state index >= 15 is 0 Å². The molecule has 0 atom stereocenters. The van der Waals surface area contributed by atoms with Crippen LogP contribution in [0.4, 0.5) is 0 Å². The predicted octanol–water partition coefficient (Wildman–Crippen LogP) is 7.36. The molecule has 0 saturated carbocycles. The summed E-state index contributed by atoms with van der Waals surface area (Å²) in [5, 5.41) is 13.0. The van der Waals surface area contributed by atoms with Gasteiger partial charge in [-0.3, -0.25) is 0 Å². The summed E-state index contributed by atoms with van der Waals surface area (Å²) in [6, 6.07) is 37.1. The monoisotopic (exact) mass is 482 g/mol. The summed E-state index contributed by atoms with van der Waals surface area (Å²) in [5.41, 5.74) is 9.55. The Labute approximate surface area is 219 Å². The van der Waals surface area contributed by atoms with E-state index in [1.165, 1.54) is 55.3 Å². The summed E-state index contributed by atoms with van der Waals surface area (Å²) in [6.45, 7) is 7.48. The first-order chi connectivity index (χ1) is 17.7. The van der Waals surface area contributed by atoms with Crippen molar-refractivity contribution in [2.75, 3.05) is 0 Å². The van der Waals surface area contributed by atoms with E-state index < -0.39 is 11.2 Å². The number of rotatable bonds is 6. The molecule has 0 saturated heterocycles. The maximum Gasteiger partial charge on any atom is 0.310 e. The first kappa shape index (κ1) is 23.7. The summed E-state index contributed by atoms with van der Waals surface area (Å²) in [5.74, 6) is 0. The Kier molecular flexibility index (Phi) is 5.60. The Hall–Kier alpha value is -3.66. The minimum Gasteiger partial charge on any atom is -0.427 e. The van der Waals surface area contributed by atoms with Crippen LogP contribution in [0.3, 0.4) is 0 Å². The molecule has 0 heterocycles. The topological polar surface area (TPSA) is 29.5 Å². The van der Waals surface area contributed by atoms with Crippen LogP contribution in [0.2, 0.25) is 0 Å². The van der Waals surface area contributed by atoms with Crippen LogP contribution in [-0.2, 0) is 4.65 Å². The molecule has 0 radical (unpaired) electrons. The molecule has 0 aliphatic heterocycles. The lowest BCUT2D eigenvalue weighted by Gasteiger charge is -2.37. The molecule has 1 N–H and O–H groups in total. The van der Waals surface area contributed by atoms with Gasteiger partial charge in [-0.25, -0.2) is 0 Å². The molecule has 0 amide bonds. The van der Waals surface area contributed by atoms with E-state index in [0.29, 0.717) is 7.48 Å². The minimum atomic E-state index is -0.940. The van der Waals surface area contributed by atoms with Gasteiger partial charge in [0.05, 0.1) is 11.2 Å². The zero-order chi connectivity index (χ0) is 25.8. The third-order valence-electron chi connectivity index (χ3n) is 8.12. The predicted molar refractivity (Wildman–Crippen MR) is 157 cm³/mol. The molecule has 182 valence electrons. The summed E-state index contributed by atoms with van der Waals surface area (Å²) in [4.78, 5) is 0. The Morgan fingerprint density at radius 1 is 0.568 bits per heavy atom. The molecule has 1 aliphatic rings. The summed E-state index contributed by atoms with van der Waals surface area (Å²) in [7, 11) is 0.448. The highest BCUT2D eigenvalue weighted by atomic mass is 16.5. The Morgan fingerprint density at radius 3 is 1.92 bits per heavy atom. The molecule has 0 bridgehead atoms. The van der Waals surface area contributed by atoms with Crippen molar-refractivity contribution in [1.29, 1.82) is 0 Å². The van der Waals surface area contributed by atoms with E-state index in [2.05, 4.69) is 103 Å². The van der Waals surface area contributed by atoms with Crippen LogP contribution in [0, 0.1) is 0 Å². The molecule has 3 heteroatoms. The normalized spacial score (nSPS) is 12.6. The van der Waals surface area contributed by atoms with Crippen molar-refractivity contribution < 1.29 is 9.76 Å². The van der Waals surface area contributed by atoms with Gasteiger partial charge in [0.2, 0.25) is 0 Å². The lowest BCUT2D eigenvalue weighted by Crippen LogP contribution is -2.49. The number of fused-ring (bicyclic) bond motifs is 3. The SMILES string of the molecule is CC(C)(O)C(C)(C)OBc1ccc2c3c(cccc13)-c1cc(-c3ccccc3-c3ccccc3)ccc1-2. The fourth-order valence-electron chi connectivity index (χ4n) is 5.25. The van der Waals surface area contributed by atoms with Gasteiger partial charge < -0.3 is 9.76 Å². The average molecular weight is 482 g/mol. The van der Waals surface area contributed by atoms with Crippen LogP contribution in [0.1, 0.15) is 27.7 Å². The van der Waals surface area contributed by atoms with Crippen molar-refractivity contribution in [2.24, 2.45) is 0 Å². The molecular weight excluding hydrogens is 451 g/mol. The van der Waals surface area contributed by atoms with E-state index in [0.717, 1.165) is 5.46 Å². The molecule has 37 heavy (non-hydrogen) atoms. The van der Waals surface area contributed by atoms with Crippen molar-refractivity contribution in [2.45, 2.75) is 38.9 Å². The summed E-state index contributed by atoms with van der Waals surface area (Å²) in [6.07, 6.45) is 0. The molecule has 0 aromatic heterocycles. The second-order valence-corrected chi connectivity index (χ2v) is 11.0. The van der Waals surface area contributed by atoms with Gasteiger partial charge >= 0.3 is 7.48 Å². The van der Waals surface area contributed by atoms with Crippen molar-refractivity contribution >= 4 is 23.7 Å². The van der Waals surface area contributed by atoms with Gasteiger partial charge in [0, 0.05) is 0 Å². The highest BCUT2D eigenvalue weighted by Crippen LogP contribution is 2.48. The van der Waals surface area contributed by atoms with Crippen molar-refractivity contribution in [3.05, 3.63) is 103 Å². The average Bonchev–Trinajstić information content (AvgIpc) is 3.22. The Balaban J connectivity index is 1.43. The van der Waals surface area contributed by atoms with Gasteiger partial charge in [0.25, 0.3) is 0 Å². The van der Waals surface area contributed by atoms with Crippen LogP contribution >= 0.6 is 0 Å². The van der Waals surface area contributed by atoms with E-state index in [4.69, 9.17) is 4.65 Å². The molecule has 5 aromatic carbocycles. The standard InChI is InChI=1S/C34H31BO2/c1-33(2,36)34(3,4)37-35-31-20-19-28-26-18-17-23(21-30(26)27-15-10-16-29(31)32(27)28)25-14-9-8-13-24(25)22-11-6-5-7-12-22/h5-21,35-36H,1-4H3. The van der Waals surface area contributed by atoms with E-state index in [-0.39, 0.29) is 0 Å². The van der Waals surface area contributed by atoms with Crippen molar-refractivity contribution in [3.8, 4) is 44.5 Å². The Morgan fingerprint density at radius 2 is 1.19 bits per heavy atom. The zero-order valence-corrected chi connectivity index (χ0v) is 21.9. The third-order valence-corrected chi connectivity index (χ3v) is 8.12. The fraction of sp³-hybridized carbons (Fsp3) is 0.176. The van der Waals surface area contributed by atoms with Crippen molar-refractivity contribution in [1.82, 2.24) is 0 Å². The first-order valence-electron chi connectivity index (χ1n) is 13.0. The zero-order valence-electron chi connectivity index (χ0n) is 21.9. The Bertz CT molecular complexity index is 1630. The second kappa shape index (κ2) is 8.73. The van der Waals surface area contributed by atoms with Gasteiger partial charge in [-0.1, -0.05) is 97.1 Å². The second-order valence-electron chi connectivity index (χ2n) is 11.0. The lowest BCUT2D eigenvalue weighted by atomic mass is 9.79. The van der Waals surface area contributed by atoms with Crippen molar-refractivity contribution in [3.63, 3.8) is 0 Å². The maximum atomic E-state index is 10.5. The van der Waals surface area contributed by atoms with E-state index in [1.807, 2.05) is 13.8 Å². The molecule has 5 aromatic rings. The third kappa shape index (κ3) is 3.99. The highest BCUT2D eigenvalue weighted by molar-refractivity contribution is 6.52. The number of benzene rings is 5. The van der Waals surface area contributed by atoms with E-state index in [1.54, 1.807) is 13.8 Å². The molecule has 0 fully saturated rings. The molecule has 0 spiro atoms. The fourth-order valence-corrected chi connectivity index (χ4v) is 5.25. The number of aliphatic hydroxyl groups is 1. The van der Waals surface area contributed by atoms with E-state index in [9.17, 15) is 5.11 Å².